The lowest BCUT2D eigenvalue weighted by Gasteiger charge is -2.42. The monoisotopic (exact) mass is 240 g/mol. The molecule has 1 aliphatic carbocycles. The van der Waals surface area contributed by atoms with Crippen molar-refractivity contribution in [1.29, 1.82) is 0 Å². The minimum Gasteiger partial charge on any atom is -0.481 e. The van der Waals surface area contributed by atoms with Gasteiger partial charge in [0.05, 0.1) is 12.0 Å². The van der Waals surface area contributed by atoms with Gasteiger partial charge in [0.2, 0.25) is 0 Å². The first-order valence-corrected chi connectivity index (χ1v) is 6.39. The fourth-order valence-corrected chi connectivity index (χ4v) is 3.19. The van der Waals surface area contributed by atoms with E-state index in [0.717, 1.165) is 19.6 Å². The molecule has 3 N–H and O–H groups in total. The van der Waals surface area contributed by atoms with E-state index in [1.54, 1.807) is 0 Å². The Bertz CT molecular complexity index is 318. The maximum absolute atomic E-state index is 10.9. The van der Waals surface area contributed by atoms with E-state index in [9.17, 15) is 4.79 Å². The number of rotatable bonds is 5. The van der Waals surface area contributed by atoms with Crippen molar-refractivity contribution < 1.29 is 9.90 Å². The maximum Gasteiger partial charge on any atom is 0.305 e. The van der Waals surface area contributed by atoms with E-state index in [4.69, 9.17) is 5.11 Å². The first-order valence-electron chi connectivity index (χ1n) is 6.39. The van der Waals surface area contributed by atoms with Crippen molar-refractivity contribution in [3.05, 3.63) is 0 Å². The quantitative estimate of drug-likeness (QED) is 0.673. The van der Waals surface area contributed by atoms with Gasteiger partial charge in [0.15, 0.2) is 0 Å². The number of carboxylic acids is 1. The molecule has 0 atom stereocenters. The smallest absolute Gasteiger partial charge is 0.305 e. The molecule has 1 saturated carbocycles. The first kappa shape index (κ1) is 12.8. The summed E-state index contributed by atoms with van der Waals surface area (Å²) in [6.07, 6.45) is 0.216. The van der Waals surface area contributed by atoms with Crippen molar-refractivity contribution >= 4 is 5.97 Å². The van der Waals surface area contributed by atoms with Gasteiger partial charge in [0, 0.05) is 13.1 Å². The van der Waals surface area contributed by atoms with Gasteiger partial charge in [-0.05, 0) is 23.3 Å². The number of carboxylic acid groups (broad SMARTS) is 1. The zero-order chi connectivity index (χ0) is 12.9. The minimum absolute atomic E-state index is 0.208. The Morgan fingerprint density at radius 3 is 2.12 bits per heavy atom. The van der Waals surface area contributed by atoms with E-state index >= 15 is 0 Å². The number of aliphatic carboxylic acids is 1. The third-order valence-corrected chi connectivity index (χ3v) is 5.42. The van der Waals surface area contributed by atoms with Gasteiger partial charge in [0.1, 0.15) is 0 Å². The van der Waals surface area contributed by atoms with E-state index < -0.39 is 5.97 Å². The van der Waals surface area contributed by atoms with Crippen molar-refractivity contribution in [2.45, 2.75) is 39.7 Å². The van der Waals surface area contributed by atoms with Crippen molar-refractivity contribution in [3.8, 4) is 0 Å². The Morgan fingerprint density at radius 2 is 1.82 bits per heavy atom. The summed E-state index contributed by atoms with van der Waals surface area (Å²) < 4.78 is 0. The zero-order valence-corrected chi connectivity index (χ0v) is 11.3. The molecule has 17 heavy (non-hydrogen) atoms. The molecule has 0 radical (unpaired) electrons. The zero-order valence-electron chi connectivity index (χ0n) is 11.3. The van der Waals surface area contributed by atoms with E-state index in [-0.39, 0.29) is 12.0 Å². The molecule has 1 saturated heterocycles. The maximum atomic E-state index is 10.9. The topological polar surface area (TPSA) is 61.4 Å². The van der Waals surface area contributed by atoms with Gasteiger partial charge in [-0.2, -0.15) is 0 Å². The van der Waals surface area contributed by atoms with Crippen LogP contribution in [-0.2, 0) is 4.79 Å². The number of carbonyl (C=O) groups is 1. The third kappa shape index (κ3) is 1.97. The average molecular weight is 240 g/mol. The van der Waals surface area contributed by atoms with Gasteiger partial charge < -0.3 is 15.7 Å². The van der Waals surface area contributed by atoms with Gasteiger partial charge in [-0.1, -0.05) is 27.7 Å². The molecule has 2 rings (SSSR count). The molecule has 4 nitrogen and oxygen atoms in total. The van der Waals surface area contributed by atoms with Crippen LogP contribution in [0.3, 0.4) is 0 Å². The molecule has 2 fully saturated rings. The summed E-state index contributed by atoms with van der Waals surface area (Å²) in [4.78, 5) is 10.9. The van der Waals surface area contributed by atoms with Crippen LogP contribution in [0.1, 0.15) is 34.1 Å². The fraction of sp³-hybridized carbons (Fsp3) is 0.923. The summed E-state index contributed by atoms with van der Waals surface area (Å²) in [7, 11) is 0. The summed E-state index contributed by atoms with van der Waals surface area (Å²) in [6, 6.07) is 0. The van der Waals surface area contributed by atoms with Gasteiger partial charge >= 0.3 is 5.97 Å². The highest BCUT2D eigenvalue weighted by molar-refractivity contribution is 5.68. The molecule has 98 valence electrons. The van der Waals surface area contributed by atoms with Crippen molar-refractivity contribution in [3.63, 3.8) is 0 Å². The van der Waals surface area contributed by atoms with Crippen LogP contribution in [0.2, 0.25) is 0 Å². The Labute approximate surface area is 103 Å². The Balaban J connectivity index is 1.88. The highest BCUT2D eigenvalue weighted by Crippen LogP contribution is 2.68. The Hall–Kier alpha value is -0.610. The predicted molar refractivity (Wildman–Crippen MR) is 66.9 cm³/mol. The molecule has 4 heteroatoms. The molecule has 0 spiro atoms. The molecule has 1 heterocycles. The Morgan fingerprint density at radius 1 is 1.29 bits per heavy atom. The van der Waals surface area contributed by atoms with Crippen LogP contribution < -0.4 is 10.6 Å². The van der Waals surface area contributed by atoms with Crippen LogP contribution >= 0.6 is 0 Å². The van der Waals surface area contributed by atoms with Crippen molar-refractivity contribution in [2.24, 2.45) is 16.7 Å². The highest BCUT2D eigenvalue weighted by atomic mass is 16.4. The van der Waals surface area contributed by atoms with E-state index in [1.165, 1.54) is 0 Å². The molecular formula is C13H24N2O2. The molecule has 0 aromatic carbocycles. The lowest BCUT2D eigenvalue weighted by molar-refractivity contribution is -0.139. The van der Waals surface area contributed by atoms with Crippen LogP contribution in [0.15, 0.2) is 0 Å². The summed E-state index contributed by atoms with van der Waals surface area (Å²) in [6.45, 7) is 11.6. The van der Waals surface area contributed by atoms with Crippen molar-refractivity contribution in [1.82, 2.24) is 10.6 Å². The van der Waals surface area contributed by atoms with Gasteiger partial charge in [-0.15, -0.1) is 0 Å². The molecule has 0 bridgehead atoms. The minimum atomic E-state index is -0.715. The highest BCUT2D eigenvalue weighted by Gasteiger charge is 2.64. The van der Waals surface area contributed by atoms with E-state index in [2.05, 4.69) is 38.3 Å². The van der Waals surface area contributed by atoms with Crippen LogP contribution in [0, 0.1) is 16.7 Å². The summed E-state index contributed by atoms with van der Waals surface area (Å²) in [5.74, 6) is -0.0745. The van der Waals surface area contributed by atoms with Gasteiger partial charge in [0.25, 0.3) is 0 Å². The van der Waals surface area contributed by atoms with Crippen molar-refractivity contribution in [2.75, 3.05) is 19.6 Å². The number of nitrogens with one attached hydrogen (secondary N) is 2. The predicted octanol–water partition coefficient (Wildman–Crippen LogP) is 1.07. The summed E-state index contributed by atoms with van der Waals surface area (Å²) in [5.41, 5.74) is 0.518. The molecule has 0 aromatic rings. The fourth-order valence-electron chi connectivity index (χ4n) is 3.19. The average Bonchev–Trinajstić information content (AvgIpc) is 2.49. The first-order chi connectivity index (χ1) is 7.71. The largest absolute Gasteiger partial charge is 0.481 e. The van der Waals surface area contributed by atoms with Crippen LogP contribution in [0.4, 0.5) is 0 Å². The normalized spacial score (nSPS) is 28.5. The second-order valence-electron chi connectivity index (χ2n) is 6.83. The molecule has 0 amide bonds. The summed E-state index contributed by atoms with van der Waals surface area (Å²) >= 11 is 0. The van der Waals surface area contributed by atoms with E-state index in [1.807, 2.05) is 0 Å². The molecule has 1 aliphatic heterocycles. The lowest BCUT2D eigenvalue weighted by Crippen LogP contribution is -2.68. The summed E-state index contributed by atoms with van der Waals surface area (Å²) in [5, 5.41) is 15.6. The van der Waals surface area contributed by atoms with Gasteiger partial charge in [-0.25, -0.2) is 0 Å². The molecule has 0 aromatic heterocycles. The van der Waals surface area contributed by atoms with Gasteiger partial charge in [-0.3, -0.25) is 4.79 Å². The second kappa shape index (κ2) is 3.69. The Kier molecular flexibility index (Phi) is 2.79. The van der Waals surface area contributed by atoms with Crippen LogP contribution in [0.5, 0.6) is 0 Å². The molecule has 2 aliphatic rings. The number of hydrogen-bond acceptors (Lipinski definition) is 3. The molecular weight excluding hydrogens is 216 g/mol. The second-order valence-corrected chi connectivity index (χ2v) is 6.83. The molecule has 0 unspecified atom stereocenters. The third-order valence-electron chi connectivity index (χ3n) is 5.42. The van der Waals surface area contributed by atoms with E-state index in [0.29, 0.717) is 16.7 Å². The van der Waals surface area contributed by atoms with Crippen LogP contribution in [-0.4, -0.2) is 36.2 Å². The SMILES string of the molecule is CC1(C)C(CNC2(CC(=O)O)CNC2)C1(C)C. The number of hydrogen-bond donors (Lipinski definition) is 3. The standard InChI is InChI=1S/C13H24N2O2/c1-11(2)9(12(11,3)4)6-15-13(5-10(16)17)7-14-8-13/h9,14-15H,5-8H2,1-4H3,(H,16,17). The lowest BCUT2D eigenvalue weighted by atomic mass is 9.88. The van der Waals surface area contributed by atoms with Crippen LogP contribution in [0.25, 0.3) is 0 Å².